The molecule has 0 unspecified atom stereocenters. The first-order valence-corrected chi connectivity index (χ1v) is 9.41. The minimum absolute atomic E-state index is 0.0598. The number of fused-ring (bicyclic) bond motifs is 1. The van der Waals surface area contributed by atoms with Crippen LogP contribution in [0.1, 0.15) is 16.1 Å². The third-order valence-corrected chi connectivity index (χ3v) is 5.19. The maximum absolute atomic E-state index is 12.0. The van der Waals surface area contributed by atoms with Crippen LogP contribution in [0.25, 0.3) is 4.96 Å². The van der Waals surface area contributed by atoms with E-state index >= 15 is 0 Å². The summed E-state index contributed by atoms with van der Waals surface area (Å²) in [5, 5.41) is 2.87. The van der Waals surface area contributed by atoms with Crippen LogP contribution in [0.2, 0.25) is 0 Å². The molecule has 2 aromatic heterocycles. The van der Waals surface area contributed by atoms with Crippen molar-refractivity contribution in [2.75, 3.05) is 11.1 Å². The molecule has 0 saturated carbocycles. The standard InChI is InChI=1S/C17H17N3O2S2/c1-11-4-3-5-13(6-11)18-15(21)10-23-9-14-7-16(22)20-8-12(2)24-17(20)19-14/h3-8H,9-10H2,1-2H3,(H,18,21). The van der Waals surface area contributed by atoms with Gasteiger partial charge in [-0.05, 0) is 31.5 Å². The number of carbonyl (C=O) groups excluding carboxylic acids is 1. The van der Waals surface area contributed by atoms with Crippen LogP contribution in [0.5, 0.6) is 0 Å². The van der Waals surface area contributed by atoms with Crippen molar-refractivity contribution in [2.24, 2.45) is 0 Å². The van der Waals surface area contributed by atoms with Crippen LogP contribution in [-0.4, -0.2) is 21.0 Å². The molecule has 0 saturated heterocycles. The van der Waals surface area contributed by atoms with Crippen LogP contribution in [0.3, 0.4) is 0 Å². The van der Waals surface area contributed by atoms with Crippen LogP contribution in [-0.2, 0) is 10.5 Å². The minimum atomic E-state index is -0.0795. The molecule has 0 atom stereocenters. The minimum Gasteiger partial charge on any atom is -0.325 e. The zero-order chi connectivity index (χ0) is 17.1. The number of nitrogens with zero attached hydrogens (tertiary/aromatic N) is 2. The van der Waals surface area contributed by atoms with E-state index in [1.54, 1.807) is 10.6 Å². The van der Waals surface area contributed by atoms with Crippen molar-refractivity contribution in [1.82, 2.24) is 9.38 Å². The second kappa shape index (κ2) is 7.19. The fourth-order valence-electron chi connectivity index (χ4n) is 2.30. The van der Waals surface area contributed by atoms with Gasteiger partial charge >= 0.3 is 0 Å². The maximum Gasteiger partial charge on any atom is 0.258 e. The molecule has 3 rings (SSSR count). The summed E-state index contributed by atoms with van der Waals surface area (Å²) in [5.41, 5.74) is 2.52. The van der Waals surface area contributed by atoms with E-state index in [0.29, 0.717) is 22.2 Å². The molecule has 2 heterocycles. The molecule has 1 aromatic carbocycles. The van der Waals surface area contributed by atoms with Gasteiger partial charge in [0, 0.05) is 28.6 Å². The molecule has 1 N–H and O–H groups in total. The normalized spacial score (nSPS) is 10.9. The van der Waals surface area contributed by atoms with Gasteiger partial charge in [0.15, 0.2) is 4.96 Å². The molecule has 1 amide bonds. The average molecular weight is 359 g/mol. The molecule has 0 radical (unpaired) electrons. The Balaban J connectivity index is 1.58. The van der Waals surface area contributed by atoms with E-state index in [1.807, 2.05) is 38.1 Å². The van der Waals surface area contributed by atoms with Crippen LogP contribution in [0, 0.1) is 13.8 Å². The molecule has 0 aliphatic heterocycles. The van der Waals surface area contributed by atoms with Crippen molar-refractivity contribution in [2.45, 2.75) is 19.6 Å². The van der Waals surface area contributed by atoms with Gasteiger partial charge in [-0.2, -0.15) is 0 Å². The number of amides is 1. The van der Waals surface area contributed by atoms with Crippen LogP contribution in [0.4, 0.5) is 5.69 Å². The molecule has 0 bridgehead atoms. The van der Waals surface area contributed by atoms with E-state index in [1.165, 1.54) is 29.2 Å². The summed E-state index contributed by atoms with van der Waals surface area (Å²) in [6, 6.07) is 9.22. The van der Waals surface area contributed by atoms with Crippen LogP contribution < -0.4 is 10.9 Å². The lowest BCUT2D eigenvalue weighted by Gasteiger charge is -2.06. The lowest BCUT2D eigenvalue weighted by molar-refractivity contribution is -0.113. The van der Waals surface area contributed by atoms with Gasteiger partial charge in [0.2, 0.25) is 5.91 Å². The zero-order valence-corrected chi connectivity index (χ0v) is 15.0. The highest BCUT2D eigenvalue weighted by molar-refractivity contribution is 7.99. The number of hydrogen-bond donors (Lipinski definition) is 1. The largest absolute Gasteiger partial charge is 0.325 e. The molecule has 0 aliphatic carbocycles. The predicted molar refractivity (Wildman–Crippen MR) is 100 cm³/mol. The summed E-state index contributed by atoms with van der Waals surface area (Å²) in [7, 11) is 0. The third kappa shape index (κ3) is 4.04. The van der Waals surface area contributed by atoms with Gasteiger partial charge < -0.3 is 5.32 Å². The summed E-state index contributed by atoms with van der Waals surface area (Å²) >= 11 is 2.93. The van der Waals surface area contributed by atoms with Gasteiger partial charge in [-0.3, -0.25) is 14.0 Å². The fourth-order valence-corrected chi connectivity index (χ4v) is 3.87. The molecule has 0 spiro atoms. The van der Waals surface area contributed by atoms with Crippen molar-refractivity contribution in [3.63, 3.8) is 0 Å². The third-order valence-electron chi connectivity index (χ3n) is 3.32. The lowest BCUT2D eigenvalue weighted by Crippen LogP contribution is -2.15. The second-order valence-corrected chi connectivity index (χ2v) is 7.69. The van der Waals surface area contributed by atoms with E-state index < -0.39 is 0 Å². The Labute approximate surface area is 147 Å². The summed E-state index contributed by atoms with van der Waals surface area (Å²) in [6.07, 6.45) is 1.79. The zero-order valence-electron chi connectivity index (χ0n) is 13.4. The number of thioether (sulfide) groups is 1. The Morgan fingerprint density at radius 1 is 1.33 bits per heavy atom. The van der Waals surface area contributed by atoms with Crippen LogP contribution in [0.15, 0.2) is 41.3 Å². The Kier molecular flexibility index (Phi) is 5.01. The van der Waals surface area contributed by atoms with Gasteiger partial charge in [0.25, 0.3) is 5.56 Å². The maximum atomic E-state index is 12.0. The highest BCUT2D eigenvalue weighted by atomic mass is 32.2. The number of thiazole rings is 1. The second-order valence-electron chi connectivity index (χ2n) is 5.49. The van der Waals surface area contributed by atoms with Gasteiger partial charge in [-0.25, -0.2) is 4.98 Å². The van der Waals surface area contributed by atoms with Crippen molar-refractivity contribution in [1.29, 1.82) is 0 Å². The first kappa shape index (κ1) is 16.7. The number of nitrogens with one attached hydrogen (secondary N) is 1. The molecule has 24 heavy (non-hydrogen) atoms. The number of aryl methyl sites for hydroxylation is 2. The number of hydrogen-bond acceptors (Lipinski definition) is 5. The summed E-state index contributed by atoms with van der Waals surface area (Å²) in [5.74, 6) is 0.790. The molecule has 3 aromatic rings. The van der Waals surface area contributed by atoms with Crippen molar-refractivity contribution < 1.29 is 4.79 Å². The summed E-state index contributed by atoms with van der Waals surface area (Å²) < 4.78 is 1.55. The highest BCUT2D eigenvalue weighted by Gasteiger charge is 2.07. The molecular formula is C17H17N3O2S2. The summed E-state index contributed by atoms with van der Waals surface area (Å²) in [6.45, 7) is 3.93. The van der Waals surface area contributed by atoms with Gasteiger partial charge in [-0.15, -0.1) is 23.1 Å². The molecule has 124 valence electrons. The van der Waals surface area contributed by atoms with E-state index in [4.69, 9.17) is 0 Å². The number of rotatable bonds is 5. The molecule has 5 nitrogen and oxygen atoms in total. The first-order chi connectivity index (χ1) is 11.5. The smallest absolute Gasteiger partial charge is 0.258 e. The number of benzene rings is 1. The van der Waals surface area contributed by atoms with Crippen molar-refractivity contribution in [3.05, 3.63) is 63.0 Å². The molecule has 0 aliphatic rings. The van der Waals surface area contributed by atoms with E-state index in [9.17, 15) is 9.59 Å². The lowest BCUT2D eigenvalue weighted by atomic mass is 10.2. The Morgan fingerprint density at radius 2 is 2.17 bits per heavy atom. The van der Waals surface area contributed by atoms with Gasteiger partial charge in [0.05, 0.1) is 11.4 Å². The quantitative estimate of drug-likeness (QED) is 0.760. The Hall–Kier alpha value is -2.12. The fraction of sp³-hybridized carbons (Fsp3) is 0.235. The topological polar surface area (TPSA) is 63.5 Å². The SMILES string of the molecule is Cc1cccc(NC(=O)CSCc2cc(=O)n3cc(C)sc3n2)c1. The van der Waals surface area contributed by atoms with Crippen molar-refractivity contribution in [3.8, 4) is 0 Å². The Morgan fingerprint density at radius 3 is 2.96 bits per heavy atom. The van der Waals surface area contributed by atoms with E-state index in [0.717, 1.165) is 16.1 Å². The first-order valence-electron chi connectivity index (χ1n) is 7.44. The number of anilines is 1. The Bertz CT molecular complexity index is 946. The molecular weight excluding hydrogens is 342 g/mol. The molecule has 0 fully saturated rings. The van der Waals surface area contributed by atoms with E-state index in [2.05, 4.69) is 10.3 Å². The van der Waals surface area contributed by atoms with Crippen molar-refractivity contribution >= 4 is 39.7 Å². The van der Waals surface area contributed by atoms with E-state index in [-0.39, 0.29) is 11.5 Å². The molecule has 7 heteroatoms. The average Bonchev–Trinajstić information content (AvgIpc) is 2.88. The number of aromatic nitrogens is 2. The van der Waals surface area contributed by atoms with Gasteiger partial charge in [-0.1, -0.05) is 12.1 Å². The highest BCUT2D eigenvalue weighted by Crippen LogP contribution is 2.16. The predicted octanol–water partition coefficient (Wildman–Crippen LogP) is 3.24. The summed E-state index contributed by atoms with van der Waals surface area (Å²) in [4.78, 5) is 30.2. The monoisotopic (exact) mass is 359 g/mol. The number of carbonyl (C=O) groups is 1. The van der Waals surface area contributed by atoms with Crippen LogP contribution >= 0.6 is 23.1 Å². The van der Waals surface area contributed by atoms with Gasteiger partial charge in [0.1, 0.15) is 0 Å².